The molecular formula is C35H41ClO11. The van der Waals surface area contributed by atoms with E-state index in [0.29, 0.717) is 51.3 Å². The summed E-state index contributed by atoms with van der Waals surface area (Å²) in [6, 6.07) is 10.5. The third-order valence-electron chi connectivity index (χ3n) is 10.8. The lowest BCUT2D eigenvalue weighted by Crippen LogP contribution is -2.76. The minimum atomic E-state index is -1.54. The summed E-state index contributed by atoms with van der Waals surface area (Å²) < 4.78 is 23.7. The van der Waals surface area contributed by atoms with Crippen molar-refractivity contribution in [2.75, 3.05) is 13.7 Å². The molecule has 2 aliphatic heterocycles. The Kier molecular flexibility index (Phi) is 8.90. The zero-order valence-electron chi connectivity index (χ0n) is 26.3. The van der Waals surface area contributed by atoms with Gasteiger partial charge in [0, 0.05) is 18.2 Å². The Bertz CT molecular complexity index is 1480. The molecule has 254 valence electrons. The van der Waals surface area contributed by atoms with Crippen molar-refractivity contribution in [3.63, 3.8) is 0 Å². The zero-order valence-corrected chi connectivity index (χ0v) is 27.0. The molecule has 4 bridgehead atoms. The van der Waals surface area contributed by atoms with Crippen LogP contribution in [0, 0.1) is 23.7 Å². The Labute approximate surface area is 277 Å². The fourth-order valence-corrected chi connectivity index (χ4v) is 9.11. The molecule has 4 saturated carbocycles. The van der Waals surface area contributed by atoms with Crippen LogP contribution < -0.4 is 9.47 Å². The molecule has 2 aromatic carbocycles. The number of aliphatic hydroxyl groups is 4. The van der Waals surface area contributed by atoms with Gasteiger partial charge in [-0.05, 0) is 92.5 Å². The molecular weight excluding hydrogens is 632 g/mol. The number of carbonyl (C=O) groups is 1. The quantitative estimate of drug-likeness (QED) is 0.216. The highest BCUT2D eigenvalue weighted by Crippen LogP contribution is 2.70. The van der Waals surface area contributed by atoms with Gasteiger partial charge in [0.25, 0.3) is 5.79 Å². The van der Waals surface area contributed by atoms with Crippen molar-refractivity contribution in [2.24, 2.45) is 23.7 Å². The van der Waals surface area contributed by atoms with Crippen molar-refractivity contribution < 1.29 is 53.9 Å². The molecule has 2 heterocycles. The normalized spacial score (nSPS) is 38.9. The smallest absolute Gasteiger partial charge is 0.262 e. The molecule has 6 aliphatic rings. The van der Waals surface area contributed by atoms with Gasteiger partial charge < -0.3 is 39.4 Å². The van der Waals surface area contributed by atoms with E-state index in [-0.39, 0.29) is 12.4 Å². The van der Waals surface area contributed by atoms with Crippen LogP contribution in [-0.2, 0) is 36.4 Å². The van der Waals surface area contributed by atoms with Crippen molar-refractivity contribution in [3.8, 4) is 11.5 Å². The number of hydrogen-bond donors (Lipinski definition) is 4. The molecule has 2 saturated heterocycles. The largest absolute Gasteiger partial charge is 0.487 e. The summed E-state index contributed by atoms with van der Waals surface area (Å²) >= 11 is 7.19. The fraction of sp³-hybridized carbons (Fsp3) is 0.571. The molecule has 4 N–H and O–H groups in total. The molecule has 8 rings (SSSR count). The molecule has 6 unspecified atom stereocenters. The molecule has 4 aliphatic carbocycles. The van der Waals surface area contributed by atoms with Gasteiger partial charge in [0.05, 0.1) is 11.6 Å². The molecule has 6 atom stereocenters. The maximum atomic E-state index is 11.8. The van der Waals surface area contributed by atoms with E-state index >= 15 is 0 Å². The number of ether oxygens (including phenoxy) is 4. The summed E-state index contributed by atoms with van der Waals surface area (Å²) in [4.78, 5) is 23.9. The van der Waals surface area contributed by atoms with Crippen molar-refractivity contribution in [1.82, 2.24) is 0 Å². The van der Waals surface area contributed by atoms with Gasteiger partial charge in [0.2, 0.25) is 6.29 Å². The topological polar surface area (TPSA) is 153 Å². The molecule has 2 aromatic rings. The SMILES string of the molecule is COC1(c2ccc(/C=C/C(C)=O)c(OCc3ccc(OC4OC(CO)C(O)C(O)C4O)cc3)c2Cl)OOC12C1CC3CC(C1)CC2C3. The minimum Gasteiger partial charge on any atom is -0.487 e. The molecule has 0 aromatic heterocycles. The van der Waals surface area contributed by atoms with Crippen LogP contribution in [0.5, 0.6) is 11.5 Å². The minimum absolute atomic E-state index is 0.113. The molecule has 12 heteroatoms. The maximum absolute atomic E-state index is 11.8. The average Bonchev–Trinajstić information content (AvgIpc) is 3.04. The van der Waals surface area contributed by atoms with Gasteiger partial charge in [-0.3, -0.25) is 4.79 Å². The second-order valence-corrected chi connectivity index (χ2v) is 14.0. The number of aliphatic hydroxyl groups excluding tert-OH is 4. The number of allylic oxidation sites excluding steroid dienone is 1. The van der Waals surface area contributed by atoms with Gasteiger partial charge in [-0.1, -0.05) is 35.9 Å². The lowest BCUT2D eigenvalue weighted by molar-refractivity contribution is -0.645. The number of rotatable bonds is 10. The first kappa shape index (κ1) is 32.9. The first-order chi connectivity index (χ1) is 22.6. The third kappa shape index (κ3) is 5.40. The number of carbonyl (C=O) groups excluding carboxylic acids is 1. The van der Waals surface area contributed by atoms with Gasteiger partial charge in [-0.25, -0.2) is 4.89 Å². The van der Waals surface area contributed by atoms with E-state index in [1.807, 2.05) is 12.1 Å². The maximum Gasteiger partial charge on any atom is 0.262 e. The Balaban J connectivity index is 1.13. The van der Waals surface area contributed by atoms with Gasteiger partial charge in [0.1, 0.15) is 42.5 Å². The second kappa shape index (κ2) is 12.7. The number of halogens is 1. The summed E-state index contributed by atoms with van der Waals surface area (Å²) in [6.45, 7) is 1.03. The van der Waals surface area contributed by atoms with Crippen molar-refractivity contribution >= 4 is 23.5 Å². The molecule has 6 fully saturated rings. The number of ketones is 1. The predicted molar refractivity (Wildman–Crippen MR) is 167 cm³/mol. The van der Waals surface area contributed by atoms with E-state index in [1.165, 1.54) is 19.4 Å². The van der Waals surface area contributed by atoms with E-state index in [1.54, 1.807) is 37.5 Å². The monoisotopic (exact) mass is 672 g/mol. The fourth-order valence-electron chi connectivity index (χ4n) is 8.76. The Morgan fingerprint density at radius 3 is 2.21 bits per heavy atom. The molecule has 0 radical (unpaired) electrons. The number of methoxy groups -OCH3 is 1. The Hall–Kier alpha value is -2.58. The lowest BCUT2D eigenvalue weighted by Gasteiger charge is -2.68. The van der Waals surface area contributed by atoms with E-state index in [9.17, 15) is 25.2 Å². The summed E-state index contributed by atoms with van der Waals surface area (Å²) in [6.07, 6.45) is 1.82. The summed E-state index contributed by atoms with van der Waals surface area (Å²) in [5.41, 5.74) is 1.36. The van der Waals surface area contributed by atoms with Gasteiger partial charge in [0.15, 0.2) is 11.4 Å². The van der Waals surface area contributed by atoms with Crippen molar-refractivity contribution in [2.45, 2.75) is 87.7 Å². The first-order valence-electron chi connectivity index (χ1n) is 16.2. The number of hydrogen-bond acceptors (Lipinski definition) is 11. The average molecular weight is 673 g/mol. The summed E-state index contributed by atoms with van der Waals surface area (Å²) in [5.74, 6) is 1.40. The van der Waals surface area contributed by atoms with Crippen LogP contribution in [-0.4, -0.2) is 76.2 Å². The number of benzene rings is 2. The van der Waals surface area contributed by atoms with E-state index in [0.717, 1.165) is 31.2 Å². The molecule has 11 nitrogen and oxygen atoms in total. The van der Waals surface area contributed by atoms with E-state index in [2.05, 4.69) is 0 Å². The lowest BCUT2D eigenvalue weighted by atomic mass is 9.47. The van der Waals surface area contributed by atoms with Gasteiger partial charge in [-0.2, -0.15) is 4.89 Å². The third-order valence-corrected chi connectivity index (χ3v) is 11.2. The molecule has 1 spiro atoms. The first-order valence-corrected chi connectivity index (χ1v) is 16.6. The van der Waals surface area contributed by atoms with Crippen LogP contribution in [0.15, 0.2) is 42.5 Å². The standard InChI is InChI=1S/C35H41ClO11/c1-18(38)3-6-22-7-10-26(35(42-2)34(46-47-35)23-12-20-11-21(14-23)15-24(34)13-20)28(36)32(22)43-17-19-4-8-25(9-5-19)44-33-31(41)30(40)29(39)27(16-37)45-33/h3-10,20-21,23-24,27,29-31,33,37,39-41H,11-17H2,1-2H3/b6-3+. The van der Waals surface area contributed by atoms with Crippen LogP contribution in [0.3, 0.4) is 0 Å². The van der Waals surface area contributed by atoms with Crippen LogP contribution in [0.2, 0.25) is 5.02 Å². The molecule has 47 heavy (non-hydrogen) atoms. The highest BCUT2D eigenvalue weighted by Gasteiger charge is 2.77. The second-order valence-electron chi connectivity index (χ2n) is 13.6. The van der Waals surface area contributed by atoms with Crippen LogP contribution in [0.4, 0.5) is 0 Å². The highest BCUT2D eigenvalue weighted by molar-refractivity contribution is 6.33. The van der Waals surface area contributed by atoms with Gasteiger partial charge >= 0.3 is 0 Å². The van der Waals surface area contributed by atoms with E-state index in [4.69, 9.17) is 40.3 Å². The predicted octanol–water partition coefficient (Wildman–Crippen LogP) is 3.66. The summed E-state index contributed by atoms with van der Waals surface area (Å²) in [7, 11) is 1.63. The van der Waals surface area contributed by atoms with Crippen molar-refractivity contribution in [3.05, 3.63) is 64.2 Å². The molecule has 0 amide bonds. The van der Waals surface area contributed by atoms with E-state index < -0.39 is 48.7 Å². The zero-order chi connectivity index (χ0) is 33.1. The Morgan fingerprint density at radius 1 is 0.957 bits per heavy atom. The van der Waals surface area contributed by atoms with Crippen LogP contribution in [0.25, 0.3) is 6.08 Å². The Morgan fingerprint density at radius 2 is 1.64 bits per heavy atom. The highest BCUT2D eigenvalue weighted by atomic mass is 35.5. The van der Waals surface area contributed by atoms with Crippen LogP contribution >= 0.6 is 11.6 Å². The summed E-state index contributed by atoms with van der Waals surface area (Å²) in [5, 5.41) is 40.2. The van der Waals surface area contributed by atoms with Crippen molar-refractivity contribution in [1.29, 1.82) is 0 Å². The van der Waals surface area contributed by atoms with Gasteiger partial charge in [-0.15, -0.1) is 0 Å². The van der Waals surface area contributed by atoms with Crippen LogP contribution in [0.1, 0.15) is 55.7 Å².